The lowest BCUT2D eigenvalue weighted by molar-refractivity contribution is 0.150. The molecule has 0 aliphatic heterocycles. The Morgan fingerprint density at radius 2 is 2.00 bits per heavy atom. The lowest BCUT2D eigenvalue weighted by Crippen LogP contribution is -2.09. The molecule has 92 valence electrons. The first-order chi connectivity index (χ1) is 8.13. The van der Waals surface area contributed by atoms with Crippen LogP contribution in [0.5, 0.6) is 0 Å². The van der Waals surface area contributed by atoms with Crippen LogP contribution in [0.2, 0.25) is 0 Å². The van der Waals surface area contributed by atoms with Crippen molar-refractivity contribution in [2.45, 2.75) is 33.8 Å². The van der Waals surface area contributed by atoms with Gasteiger partial charge in [0.25, 0.3) is 0 Å². The second-order valence-corrected chi connectivity index (χ2v) is 4.10. The Balaban J connectivity index is 2.45. The summed E-state index contributed by atoms with van der Waals surface area (Å²) in [5, 5.41) is 0. The van der Waals surface area contributed by atoms with Gasteiger partial charge in [-0.15, -0.1) is 0 Å². The fourth-order valence-corrected chi connectivity index (χ4v) is 1.30. The molecule has 1 aromatic rings. The van der Waals surface area contributed by atoms with Crippen LogP contribution in [-0.2, 0) is 11.3 Å². The van der Waals surface area contributed by atoms with Crippen LogP contribution < -0.4 is 0 Å². The van der Waals surface area contributed by atoms with Crippen molar-refractivity contribution in [1.82, 2.24) is 0 Å². The van der Waals surface area contributed by atoms with Gasteiger partial charge in [0.2, 0.25) is 0 Å². The first-order valence-electron chi connectivity index (χ1n) is 5.89. The smallest absolute Gasteiger partial charge is 0.433 e. The maximum absolute atomic E-state index is 11.4. The van der Waals surface area contributed by atoms with E-state index in [1.54, 1.807) is 0 Å². The molecule has 0 radical (unpaired) electrons. The predicted molar refractivity (Wildman–Crippen MR) is 69.2 cm³/mol. The maximum atomic E-state index is 11.4. The highest BCUT2D eigenvalue weighted by Gasteiger charge is 2.06. The fraction of sp³-hybridized carbons (Fsp3) is 0.429. The van der Waals surface area contributed by atoms with Gasteiger partial charge in [0.05, 0.1) is 0 Å². The third kappa shape index (κ3) is 4.81. The minimum absolute atomic E-state index is 0.275. The van der Waals surface area contributed by atoms with Gasteiger partial charge in [-0.1, -0.05) is 44.2 Å². The largest absolute Gasteiger partial charge is 0.443 e. The topological polar surface area (TPSA) is 38.7 Å². The van der Waals surface area contributed by atoms with Crippen LogP contribution in [0.1, 0.15) is 32.8 Å². The van der Waals surface area contributed by atoms with E-state index < -0.39 is 6.09 Å². The van der Waals surface area contributed by atoms with Crippen molar-refractivity contribution in [1.29, 1.82) is 0 Å². The summed E-state index contributed by atoms with van der Waals surface area (Å²) in [5.41, 5.74) is 1.79. The van der Waals surface area contributed by atoms with E-state index in [4.69, 9.17) is 4.74 Å². The lowest BCUT2D eigenvalue weighted by atomic mass is 10.0. The van der Waals surface area contributed by atoms with Gasteiger partial charge in [0, 0.05) is 5.71 Å². The van der Waals surface area contributed by atoms with Crippen molar-refractivity contribution >= 4 is 11.8 Å². The Bertz CT molecular complexity index is 384. The quantitative estimate of drug-likeness (QED) is 0.741. The van der Waals surface area contributed by atoms with Gasteiger partial charge in [-0.2, -0.15) is 4.99 Å². The molecule has 0 heterocycles. The van der Waals surface area contributed by atoms with Crippen LogP contribution in [-0.4, -0.2) is 11.8 Å². The average molecular weight is 233 g/mol. The van der Waals surface area contributed by atoms with Gasteiger partial charge in [-0.25, -0.2) is 4.79 Å². The second-order valence-electron chi connectivity index (χ2n) is 4.10. The Morgan fingerprint density at radius 1 is 1.35 bits per heavy atom. The molecule has 1 unspecified atom stereocenters. The molecule has 0 saturated heterocycles. The van der Waals surface area contributed by atoms with Crippen molar-refractivity contribution in [3.05, 3.63) is 35.9 Å². The van der Waals surface area contributed by atoms with Crippen molar-refractivity contribution in [3.63, 3.8) is 0 Å². The summed E-state index contributed by atoms with van der Waals surface area (Å²) in [5.74, 6) is 0.319. The van der Waals surface area contributed by atoms with E-state index in [9.17, 15) is 4.79 Å². The van der Waals surface area contributed by atoms with E-state index in [0.29, 0.717) is 5.92 Å². The fourth-order valence-electron chi connectivity index (χ4n) is 1.30. The highest BCUT2D eigenvalue weighted by molar-refractivity contribution is 5.92. The Labute approximate surface area is 103 Å². The van der Waals surface area contributed by atoms with Crippen molar-refractivity contribution in [2.75, 3.05) is 0 Å². The molecule has 0 aliphatic carbocycles. The molecular weight excluding hydrogens is 214 g/mol. The highest BCUT2D eigenvalue weighted by Crippen LogP contribution is 2.06. The zero-order valence-electron chi connectivity index (χ0n) is 10.6. The third-order valence-corrected chi connectivity index (χ3v) is 2.80. The lowest BCUT2D eigenvalue weighted by Gasteiger charge is -2.07. The van der Waals surface area contributed by atoms with Gasteiger partial charge in [0.1, 0.15) is 6.61 Å². The summed E-state index contributed by atoms with van der Waals surface area (Å²) in [6.45, 7) is 6.25. The molecule has 3 heteroatoms. The monoisotopic (exact) mass is 233 g/mol. The summed E-state index contributed by atoms with van der Waals surface area (Å²) in [6, 6.07) is 9.58. The number of carbonyl (C=O) groups is 1. The van der Waals surface area contributed by atoms with Gasteiger partial charge >= 0.3 is 6.09 Å². The van der Waals surface area contributed by atoms with Crippen LogP contribution in [0, 0.1) is 5.92 Å². The summed E-state index contributed by atoms with van der Waals surface area (Å²) in [4.78, 5) is 15.4. The van der Waals surface area contributed by atoms with E-state index in [1.165, 1.54) is 0 Å². The van der Waals surface area contributed by atoms with E-state index in [2.05, 4.69) is 11.9 Å². The molecule has 3 nitrogen and oxygen atoms in total. The number of hydrogen-bond acceptors (Lipinski definition) is 2. The number of hydrogen-bond donors (Lipinski definition) is 0. The first-order valence-corrected chi connectivity index (χ1v) is 5.89. The second kappa shape index (κ2) is 6.84. The first kappa shape index (κ1) is 13.4. The SMILES string of the molecule is CCC(C)C(C)=NC(=O)OCc1ccccc1. The molecule has 0 N–H and O–H groups in total. The molecule has 0 spiro atoms. The number of amides is 1. The van der Waals surface area contributed by atoms with Crippen LogP contribution in [0.4, 0.5) is 4.79 Å². The standard InChI is InChI=1S/C14H19NO2/c1-4-11(2)12(3)15-14(16)17-10-13-8-6-5-7-9-13/h5-9,11H,4,10H2,1-3H3. The molecule has 0 saturated carbocycles. The molecule has 1 amide bonds. The maximum Gasteiger partial charge on any atom is 0.433 e. The van der Waals surface area contributed by atoms with Crippen molar-refractivity contribution in [2.24, 2.45) is 10.9 Å². The molecular formula is C14H19NO2. The Kier molecular flexibility index (Phi) is 5.40. The molecule has 0 aliphatic rings. The van der Waals surface area contributed by atoms with E-state index in [0.717, 1.165) is 17.7 Å². The summed E-state index contributed by atoms with van der Waals surface area (Å²) in [7, 11) is 0. The van der Waals surface area contributed by atoms with E-state index in [-0.39, 0.29) is 6.61 Å². The number of nitrogens with zero attached hydrogens (tertiary/aromatic N) is 1. The van der Waals surface area contributed by atoms with Crippen molar-refractivity contribution < 1.29 is 9.53 Å². The average Bonchev–Trinajstić information content (AvgIpc) is 2.36. The minimum atomic E-state index is -0.508. The van der Waals surface area contributed by atoms with Gasteiger partial charge in [-0.05, 0) is 24.8 Å². The van der Waals surface area contributed by atoms with Gasteiger partial charge in [0.15, 0.2) is 0 Å². The van der Waals surface area contributed by atoms with Crippen LogP contribution in [0.3, 0.4) is 0 Å². The van der Waals surface area contributed by atoms with Gasteiger partial charge < -0.3 is 4.74 Å². The van der Waals surface area contributed by atoms with Gasteiger partial charge in [-0.3, -0.25) is 0 Å². The summed E-state index contributed by atoms with van der Waals surface area (Å²) in [6.07, 6.45) is 0.466. The van der Waals surface area contributed by atoms with Crippen molar-refractivity contribution in [3.8, 4) is 0 Å². The zero-order valence-corrected chi connectivity index (χ0v) is 10.6. The van der Waals surface area contributed by atoms with Crippen LogP contribution in [0.25, 0.3) is 0 Å². The summed E-state index contributed by atoms with van der Waals surface area (Å²) >= 11 is 0. The van der Waals surface area contributed by atoms with E-state index in [1.807, 2.05) is 44.2 Å². The van der Waals surface area contributed by atoms with Crippen LogP contribution in [0.15, 0.2) is 35.3 Å². The minimum Gasteiger partial charge on any atom is -0.443 e. The Hall–Kier alpha value is -1.64. The zero-order chi connectivity index (χ0) is 12.7. The molecule has 1 aromatic carbocycles. The summed E-state index contributed by atoms with van der Waals surface area (Å²) < 4.78 is 5.07. The van der Waals surface area contributed by atoms with Crippen LogP contribution >= 0.6 is 0 Å². The number of ether oxygens (including phenoxy) is 1. The normalized spacial score (nSPS) is 13.2. The molecule has 1 atom stereocenters. The van der Waals surface area contributed by atoms with E-state index >= 15 is 0 Å². The highest BCUT2D eigenvalue weighted by atomic mass is 16.5. The number of benzene rings is 1. The molecule has 17 heavy (non-hydrogen) atoms. The number of rotatable bonds is 4. The molecule has 0 aromatic heterocycles. The number of aliphatic imine (C=N–C) groups is 1. The third-order valence-electron chi connectivity index (χ3n) is 2.80. The predicted octanol–water partition coefficient (Wildman–Crippen LogP) is 3.83. The molecule has 1 rings (SSSR count). The molecule has 0 fully saturated rings. The Morgan fingerprint density at radius 3 is 2.59 bits per heavy atom. The molecule has 0 bridgehead atoms. The number of carbonyl (C=O) groups excluding carboxylic acids is 1.